The molecule has 0 saturated carbocycles. The van der Waals surface area contributed by atoms with E-state index in [0.717, 1.165) is 16.8 Å². The Hall–Kier alpha value is -2.56. The van der Waals surface area contributed by atoms with E-state index >= 15 is 0 Å². The maximum absolute atomic E-state index is 12.0. The SMILES string of the molecule is CCOC(=O)c1cc(N)cnc1Nc1cc(C)cc(C)c1. The highest BCUT2D eigenvalue weighted by molar-refractivity contribution is 5.96. The number of benzene rings is 1. The van der Waals surface area contributed by atoms with Gasteiger partial charge in [0.25, 0.3) is 0 Å². The summed E-state index contributed by atoms with van der Waals surface area (Å²) in [7, 11) is 0. The topological polar surface area (TPSA) is 77.2 Å². The molecule has 3 N–H and O–H groups in total. The van der Waals surface area contributed by atoms with E-state index in [2.05, 4.69) is 16.4 Å². The monoisotopic (exact) mass is 285 g/mol. The smallest absolute Gasteiger partial charge is 0.341 e. The Kier molecular flexibility index (Phi) is 4.42. The molecule has 0 unspecified atom stereocenters. The van der Waals surface area contributed by atoms with Gasteiger partial charge in [-0.15, -0.1) is 0 Å². The van der Waals surface area contributed by atoms with Crippen LogP contribution in [-0.4, -0.2) is 17.6 Å². The zero-order valence-corrected chi connectivity index (χ0v) is 12.4. The van der Waals surface area contributed by atoms with Crippen LogP contribution in [0.15, 0.2) is 30.5 Å². The van der Waals surface area contributed by atoms with E-state index in [1.807, 2.05) is 26.0 Å². The minimum Gasteiger partial charge on any atom is -0.462 e. The third-order valence-electron chi connectivity index (χ3n) is 2.89. The summed E-state index contributed by atoms with van der Waals surface area (Å²) < 4.78 is 5.03. The Bertz CT molecular complexity index is 648. The van der Waals surface area contributed by atoms with Gasteiger partial charge in [0.1, 0.15) is 11.4 Å². The lowest BCUT2D eigenvalue weighted by atomic mass is 10.1. The molecular formula is C16H19N3O2. The van der Waals surface area contributed by atoms with Crippen LogP contribution in [0.1, 0.15) is 28.4 Å². The molecule has 0 aliphatic rings. The van der Waals surface area contributed by atoms with Crippen LogP contribution in [0.5, 0.6) is 0 Å². The average molecular weight is 285 g/mol. The molecule has 5 nitrogen and oxygen atoms in total. The van der Waals surface area contributed by atoms with E-state index in [0.29, 0.717) is 23.7 Å². The van der Waals surface area contributed by atoms with Crippen molar-refractivity contribution in [2.75, 3.05) is 17.7 Å². The second-order valence-electron chi connectivity index (χ2n) is 4.89. The number of nitrogen functional groups attached to an aromatic ring is 1. The maximum Gasteiger partial charge on any atom is 0.341 e. The number of anilines is 3. The van der Waals surface area contributed by atoms with Crippen molar-refractivity contribution in [1.82, 2.24) is 4.98 Å². The molecule has 0 spiro atoms. The van der Waals surface area contributed by atoms with Crippen molar-refractivity contribution >= 4 is 23.2 Å². The third kappa shape index (κ3) is 3.72. The summed E-state index contributed by atoms with van der Waals surface area (Å²) in [5.41, 5.74) is 9.59. The lowest BCUT2D eigenvalue weighted by Gasteiger charge is -2.12. The Morgan fingerprint density at radius 3 is 2.52 bits per heavy atom. The molecule has 0 aliphatic heterocycles. The zero-order chi connectivity index (χ0) is 15.4. The number of nitrogens with one attached hydrogen (secondary N) is 1. The number of ether oxygens (including phenoxy) is 1. The van der Waals surface area contributed by atoms with E-state index in [1.54, 1.807) is 13.0 Å². The molecule has 0 amide bonds. The van der Waals surface area contributed by atoms with Gasteiger partial charge in [-0.2, -0.15) is 0 Å². The van der Waals surface area contributed by atoms with Gasteiger partial charge in [-0.1, -0.05) is 6.07 Å². The molecule has 1 aromatic carbocycles. The minimum absolute atomic E-state index is 0.302. The van der Waals surface area contributed by atoms with Crippen LogP contribution >= 0.6 is 0 Å². The van der Waals surface area contributed by atoms with Crippen molar-refractivity contribution < 1.29 is 9.53 Å². The van der Waals surface area contributed by atoms with Crippen LogP contribution in [0.2, 0.25) is 0 Å². The Morgan fingerprint density at radius 2 is 1.90 bits per heavy atom. The van der Waals surface area contributed by atoms with Crippen LogP contribution in [0.4, 0.5) is 17.2 Å². The number of hydrogen-bond donors (Lipinski definition) is 2. The largest absolute Gasteiger partial charge is 0.462 e. The fourth-order valence-corrected chi connectivity index (χ4v) is 2.13. The second-order valence-corrected chi connectivity index (χ2v) is 4.89. The number of pyridine rings is 1. The summed E-state index contributed by atoms with van der Waals surface area (Å²) in [5, 5.41) is 3.15. The van der Waals surface area contributed by atoms with E-state index in [4.69, 9.17) is 10.5 Å². The van der Waals surface area contributed by atoms with Gasteiger partial charge >= 0.3 is 5.97 Å². The molecular weight excluding hydrogens is 266 g/mol. The zero-order valence-electron chi connectivity index (χ0n) is 12.4. The molecule has 0 fully saturated rings. The lowest BCUT2D eigenvalue weighted by Crippen LogP contribution is -2.10. The van der Waals surface area contributed by atoms with E-state index in [-0.39, 0.29) is 0 Å². The van der Waals surface area contributed by atoms with Gasteiger partial charge in [-0.3, -0.25) is 0 Å². The molecule has 0 bridgehead atoms. The third-order valence-corrected chi connectivity index (χ3v) is 2.89. The van der Waals surface area contributed by atoms with E-state index < -0.39 is 5.97 Å². The first-order valence-electron chi connectivity index (χ1n) is 6.77. The van der Waals surface area contributed by atoms with Crippen LogP contribution in [0.3, 0.4) is 0 Å². The lowest BCUT2D eigenvalue weighted by molar-refractivity contribution is 0.0527. The first-order chi connectivity index (χ1) is 9.99. The number of esters is 1. The van der Waals surface area contributed by atoms with Crippen LogP contribution in [0, 0.1) is 13.8 Å². The summed E-state index contributed by atoms with van der Waals surface area (Å²) in [6.45, 7) is 6.09. The van der Waals surface area contributed by atoms with Gasteiger partial charge in [0, 0.05) is 5.69 Å². The Balaban J connectivity index is 2.37. The van der Waals surface area contributed by atoms with Gasteiger partial charge in [0.05, 0.1) is 18.5 Å². The highest BCUT2D eigenvalue weighted by Crippen LogP contribution is 2.23. The predicted octanol–water partition coefficient (Wildman–Crippen LogP) is 3.20. The predicted molar refractivity (Wildman–Crippen MR) is 83.8 cm³/mol. The van der Waals surface area contributed by atoms with Gasteiger partial charge in [-0.25, -0.2) is 9.78 Å². The Labute approximate surface area is 124 Å². The molecule has 2 rings (SSSR count). The number of rotatable bonds is 4. The average Bonchev–Trinajstić information content (AvgIpc) is 2.40. The summed E-state index contributed by atoms with van der Waals surface area (Å²) in [6, 6.07) is 7.61. The minimum atomic E-state index is -0.441. The second kappa shape index (κ2) is 6.26. The fraction of sp³-hybridized carbons (Fsp3) is 0.250. The van der Waals surface area contributed by atoms with E-state index in [1.165, 1.54) is 6.20 Å². The van der Waals surface area contributed by atoms with Gasteiger partial charge in [0.15, 0.2) is 0 Å². The molecule has 1 aromatic heterocycles. The van der Waals surface area contributed by atoms with Crippen molar-refractivity contribution in [3.63, 3.8) is 0 Å². The van der Waals surface area contributed by atoms with Crippen LogP contribution < -0.4 is 11.1 Å². The number of nitrogens with zero attached hydrogens (tertiary/aromatic N) is 1. The van der Waals surface area contributed by atoms with E-state index in [9.17, 15) is 4.79 Å². The molecule has 0 atom stereocenters. The fourth-order valence-electron chi connectivity index (χ4n) is 2.13. The molecule has 21 heavy (non-hydrogen) atoms. The van der Waals surface area contributed by atoms with Gasteiger partial charge in [0.2, 0.25) is 0 Å². The van der Waals surface area contributed by atoms with Crippen molar-refractivity contribution in [1.29, 1.82) is 0 Å². The van der Waals surface area contributed by atoms with Crippen molar-refractivity contribution in [2.45, 2.75) is 20.8 Å². The quantitative estimate of drug-likeness (QED) is 0.843. The summed E-state index contributed by atoms with van der Waals surface area (Å²) in [5.74, 6) is -0.00294. The molecule has 0 saturated heterocycles. The maximum atomic E-state index is 12.0. The van der Waals surface area contributed by atoms with Gasteiger partial charge < -0.3 is 15.8 Å². The Morgan fingerprint density at radius 1 is 1.24 bits per heavy atom. The number of carbonyl (C=O) groups is 1. The van der Waals surface area contributed by atoms with Crippen molar-refractivity contribution in [3.05, 3.63) is 47.2 Å². The molecule has 110 valence electrons. The highest BCUT2D eigenvalue weighted by atomic mass is 16.5. The number of nitrogens with two attached hydrogens (primary N) is 1. The van der Waals surface area contributed by atoms with Crippen molar-refractivity contribution in [2.24, 2.45) is 0 Å². The molecule has 2 aromatic rings. The van der Waals surface area contributed by atoms with Crippen LogP contribution in [0.25, 0.3) is 0 Å². The number of hydrogen-bond acceptors (Lipinski definition) is 5. The molecule has 5 heteroatoms. The summed E-state index contributed by atoms with van der Waals surface area (Å²) in [4.78, 5) is 16.2. The van der Waals surface area contributed by atoms with Gasteiger partial charge in [-0.05, 0) is 50.1 Å². The molecule has 1 heterocycles. The van der Waals surface area contributed by atoms with Crippen LogP contribution in [-0.2, 0) is 4.74 Å². The molecule has 0 aliphatic carbocycles. The first kappa shape index (κ1) is 14.8. The summed E-state index contributed by atoms with van der Waals surface area (Å²) in [6.07, 6.45) is 1.51. The highest BCUT2D eigenvalue weighted by Gasteiger charge is 2.15. The molecule has 0 radical (unpaired) electrons. The normalized spacial score (nSPS) is 10.2. The standard InChI is InChI=1S/C16H19N3O2/c1-4-21-16(20)14-8-12(17)9-18-15(14)19-13-6-10(2)5-11(3)7-13/h5-9H,4,17H2,1-3H3,(H,18,19). The number of aromatic nitrogens is 1. The summed E-state index contributed by atoms with van der Waals surface area (Å²) >= 11 is 0. The number of aryl methyl sites for hydroxylation is 2. The first-order valence-corrected chi connectivity index (χ1v) is 6.77. The number of carbonyl (C=O) groups excluding carboxylic acids is 1. The van der Waals surface area contributed by atoms with Crippen molar-refractivity contribution in [3.8, 4) is 0 Å².